The molecular weight excluding hydrogens is 560 g/mol. The summed E-state index contributed by atoms with van der Waals surface area (Å²) in [6.07, 6.45) is 0. The lowest BCUT2D eigenvalue weighted by molar-refractivity contribution is 0.661. The van der Waals surface area contributed by atoms with Crippen LogP contribution in [0.1, 0.15) is 25.0 Å². The Bertz CT molecular complexity index is 2370. The molecule has 9 rings (SSSR count). The van der Waals surface area contributed by atoms with E-state index < -0.39 is 0 Å². The van der Waals surface area contributed by atoms with Crippen LogP contribution in [0.25, 0.3) is 72.8 Å². The average Bonchev–Trinajstić information content (AvgIpc) is 3.56. The molecule has 4 heteroatoms. The third-order valence-corrected chi connectivity index (χ3v) is 9.44. The Labute approximate surface area is 267 Å². The third kappa shape index (κ3) is 4.04. The molecule has 6 aromatic carbocycles. The van der Waals surface area contributed by atoms with Gasteiger partial charge in [-0.1, -0.05) is 117 Å². The van der Waals surface area contributed by atoms with Crippen molar-refractivity contribution in [2.24, 2.45) is 0 Å². The third-order valence-electron chi connectivity index (χ3n) is 9.44. The molecule has 46 heavy (non-hydrogen) atoms. The van der Waals surface area contributed by atoms with Gasteiger partial charge in [-0.15, -0.1) is 0 Å². The van der Waals surface area contributed by atoms with Crippen molar-refractivity contribution in [3.63, 3.8) is 0 Å². The van der Waals surface area contributed by atoms with E-state index in [1.807, 2.05) is 60.7 Å². The van der Waals surface area contributed by atoms with Crippen LogP contribution in [0.15, 0.2) is 146 Å². The van der Waals surface area contributed by atoms with Crippen molar-refractivity contribution in [3.8, 4) is 51.0 Å². The first-order valence-electron chi connectivity index (χ1n) is 15.7. The lowest BCUT2D eigenvalue weighted by atomic mass is 9.82. The first-order chi connectivity index (χ1) is 22.6. The van der Waals surface area contributed by atoms with Gasteiger partial charge in [0, 0.05) is 38.6 Å². The zero-order valence-corrected chi connectivity index (χ0v) is 25.6. The fraction of sp³-hybridized carbons (Fsp3) is 0.0714. The van der Waals surface area contributed by atoms with Gasteiger partial charge in [0.25, 0.3) is 0 Å². The number of benzene rings is 6. The summed E-state index contributed by atoms with van der Waals surface area (Å²) in [5.74, 6) is 1.98. The van der Waals surface area contributed by atoms with Crippen LogP contribution in [0.2, 0.25) is 0 Å². The molecule has 8 aromatic rings. The Morgan fingerprint density at radius 1 is 0.435 bits per heavy atom. The van der Waals surface area contributed by atoms with Gasteiger partial charge in [-0.25, -0.2) is 15.0 Å². The quantitative estimate of drug-likeness (QED) is 0.205. The van der Waals surface area contributed by atoms with Gasteiger partial charge < -0.3 is 4.57 Å². The zero-order valence-electron chi connectivity index (χ0n) is 25.6. The molecule has 1 aliphatic rings. The predicted molar refractivity (Wildman–Crippen MR) is 188 cm³/mol. The van der Waals surface area contributed by atoms with Gasteiger partial charge in [0.1, 0.15) is 0 Å². The van der Waals surface area contributed by atoms with Crippen molar-refractivity contribution in [2.75, 3.05) is 0 Å². The maximum Gasteiger partial charge on any atom is 0.164 e. The van der Waals surface area contributed by atoms with Crippen molar-refractivity contribution >= 4 is 21.8 Å². The molecule has 0 N–H and O–H groups in total. The van der Waals surface area contributed by atoms with Gasteiger partial charge in [0.2, 0.25) is 0 Å². The molecule has 218 valence electrons. The zero-order chi connectivity index (χ0) is 30.8. The highest BCUT2D eigenvalue weighted by Gasteiger charge is 2.36. The number of rotatable bonds is 4. The number of hydrogen-bond donors (Lipinski definition) is 0. The normalized spacial score (nSPS) is 13.2. The van der Waals surface area contributed by atoms with Crippen molar-refractivity contribution in [3.05, 3.63) is 157 Å². The van der Waals surface area contributed by atoms with Gasteiger partial charge in [-0.05, 0) is 64.7 Å². The molecule has 0 saturated heterocycles. The maximum atomic E-state index is 5.03. The van der Waals surface area contributed by atoms with Gasteiger partial charge >= 0.3 is 0 Å². The van der Waals surface area contributed by atoms with Crippen molar-refractivity contribution < 1.29 is 0 Å². The van der Waals surface area contributed by atoms with Crippen LogP contribution >= 0.6 is 0 Å². The van der Waals surface area contributed by atoms with Crippen molar-refractivity contribution in [2.45, 2.75) is 19.3 Å². The van der Waals surface area contributed by atoms with Gasteiger partial charge in [-0.2, -0.15) is 0 Å². The van der Waals surface area contributed by atoms with E-state index in [9.17, 15) is 0 Å². The number of hydrogen-bond acceptors (Lipinski definition) is 3. The second kappa shape index (κ2) is 10.1. The molecule has 0 bridgehead atoms. The number of fused-ring (bicyclic) bond motifs is 6. The lowest BCUT2D eigenvalue weighted by Crippen LogP contribution is -2.14. The highest BCUT2D eigenvalue weighted by atomic mass is 15.0. The van der Waals surface area contributed by atoms with E-state index in [2.05, 4.69) is 103 Å². The molecule has 2 aromatic heterocycles. The van der Waals surface area contributed by atoms with Crippen molar-refractivity contribution in [1.29, 1.82) is 0 Å². The monoisotopic (exact) mass is 590 g/mol. The fourth-order valence-electron chi connectivity index (χ4n) is 7.15. The summed E-state index contributed by atoms with van der Waals surface area (Å²) in [6, 6.07) is 51.2. The van der Waals surface area contributed by atoms with E-state index in [4.69, 9.17) is 15.0 Å². The molecule has 0 atom stereocenters. The standard InChI is InChI=1S/C42H30N4/c1-42(2)35-21-13-12-20-31(35)32-26-38-34(25-36(32)42)33-24-29(22-23-37(33)46(38)30-18-10-5-11-19-30)41-44-39(27-14-6-3-7-15-27)43-40(45-41)28-16-8-4-9-17-28/h3-26H,1-2H3. The molecule has 0 saturated carbocycles. The number of aromatic nitrogens is 4. The van der Waals surface area contributed by atoms with E-state index in [-0.39, 0.29) is 5.41 Å². The van der Waals surface area contributed by atoms with Crippen LogP contribution < -0.4 is 0 Å². The number of para-hydroxylation sites is 1. The minimum Gasteiger partial charge on any atom is -0.309 e. The SMILES string of the molecule is CC1(C)c2ccccc2-c2cc3c(cc21)c1cc(-c2nc(-c4ccccc4)nc(-c4ccccc4)n2)ccc1n3-c1ccccc1. The van der Waals surface area contributed by atoms with Crippen LogP contribution in [0.3, 0.4) is 0 Å². The average molecular weight is 591 g/mol. The Morgan fingerprint density at radius 3 is 1.63 bits per heavy atom. The Hall–Kier alpha value is -5.87. The molecule has 0 unspecified atom stereocenters. The molecule has 2 heterocycles. The minimum absolute atomic E-state index is 0.0950. The smallest absolute Gasteiger partial charge is 0.164 e. The first-order valence-corrected chi connectivity index (χ1v) is 15.7. The molecule has 1 aliphatic carbocycles. The van der Waals surface area contributed by atoms with E-state index in [1.165, 1.54) is 38.5 Å². The van der Waals surface area contributed by atoms with Crippen LogP contribution in [-0.2, 0) is 5.41 Å². The summed E-state index contributed by atoms with van der Waals surface area (Å²) in [7, 11) is 0. The van der Waals surface area contributed by atoms with Gasteiger partial charge in [0.05, 0.1) is 11.0 Å². The summed E-state index contributed by atoms with van der Waals surface area (Å²) >= 11 is 0. The topological polar surface area (TPSA) is 43.6 Å². The van der Waals surface area contributed by atoms with Crippen LogP contribution in [-0.4, -0.2) is 19.5 Å². The van der Waals surface area contributed by atoms with Crippen LogP contribution in [0.5, 0.6) is 0 Å². The van der Waals surface area contributed by atoms with E-state index in [1.54, 1.807) is 0 Å². The Balaban J connectivity index is 1.32. The summed E-state index contributed by atoms with van der Waals surface area (Å²) in [6.45, 7) is 4.68. The summed E-state index contributed by atoms with van der Waals surface area (Å²) in [5.41, 5.74) is 11.6. The lowest BCUT2D eigenvalue weighted by Gasteiger charge is -2.21. The van der Waals surface area contributed by atoms with Crippen LogP contribution in [0.4, 0.5) is 0 Å². The molecule has 0 fully saturated rings. The Kier molecular flexibility index (Phi) is 5.81. The largest absolute Gasteiger partial charge is 0.309 e. The Morgan fingerprint density at radius 2 is 0.978 bits per heavy atom. The van der Waals surface area contributed by atoms with E-state index in [0.29, 0.717) is 17.5 Å². The summed E-state index contributed by atoms with van der Waals surface area (Å²) in [4.78, 5) is 15.0. The van der Waals surface area contributed by atoms with E-state index in [0.717, 1.165) is 27.9 Å². The molecule has 0 aliphatic heterocycles. The second-order valence-corrected chi connectivity index (χ2v) is 12.5. The summed E-state index contributed by atoms with van der Waals surface area (Å²) < 4.78 is 2.39. The van der Waals surface area contributed by atoms with Crippen molar-refractivity contribution in [1.82, 2.24) is 19.5 Å². The van der Waals surface area contributed by atoms with Gasteiger partial charge in [0.15, 0.2) is 17.5 Å². The second-order valence-electron chi connectivity index (χ2n) is 12.5. The molecule has 4 nitrogen and oxygen atoms in total. The summed E-state index contributed by atoms with van der Waals surface area (Å²) in [5, 5.41) is 2.40. The first kappa shape index (κ1) is 26.5. The van der Waals surface area contributed by atoms with Gasteiger partial charge in [-0.3, -0.25) is 0 Å². The molecule has 0 spiro atoms. The fourth-order valence-corrected chi connectivity index (χ4v) is 7.15. The molecule has 0 radical (unpaired) electrons. The highest BCUT2D eigenvalue weighted by Crippen LogP contribution is 2.51. The molecular formula is C42H30N4. The van der Waals surface area contributed by atoms with E-state index >= 15 is 0 Å². The maximum absolute atomic E-state index is 5.03. The van der Waals surface area contributed by atoms with Crippen LogP contribution in [0, 0.1) is 0 Å². The predicted octanol–water partition coefficient (Wildman–Crippen LogP) is 10.3. The highest BCUT2D eigenvalue weighted by molar-refractivity contribution is 6.12. The minimum atomic E-state index is -0.0950. The molecule has 0 amide bonds. The number of nitrogens with zero attached hydrogens (tertiary/aromatic N) is 4.